The maximum Gasteiger partial charge on any atom is 0.318 e. The molecule has 2 aromatic rings. The Hall–Kier alpha value is -1.66. The van der Waals surface area contributed by atoms with E-state index < -0.39 is 0 Å². The number of piperidine rings is 1. The highest BCUT2D eigenvalue weighted by Gasteiger charge is 2.40. The Morgan fingerprint density at radius 1 is 1.11 bits per heavy atom. The van der Waals surface area contributed by atoms with Gasteiger partial charge in [-0.15, -0.1) is 11.3 Å². The number of urea groups is 1. The van der Waals surface area contributed by atoms with E-state index in [1.165, 1.54) is 23.8 Å². The third-order valence-corrected chi connectivity index (χ3v) is 7.92. The van der Waals surface area contributed by atoms with E-state index in [1.54, 1.807) is 23.5 Å². The van der Waals surface area contributed by atoms with E-state index >= 15 is 0 Å². The number of halogens is 1. The van der Waals surface area contributed by atoms with E-state index in [1.807, 2.05) is 6.07 Å². The summed E-state index contributed by atoms with van der Waals surface area (Å²) in [6.45, 7) is 3.97. The normalized spacial score (nSPS) is 26.6. The summed E-state index contributed by atoms with van der Waals surface area (Å²) in [6, 6.07) is 6.10. The monoisotopic (exact) mass is 401 g/mol. The molecule has 2 unspecified atom stereocenters. The number of nitrogens with one attached hydrogen (secondary N) is 1. The molecule has 2 saturated heterocycles. The minimum absolute atomic E-state index is 0.142. The lowest BCUT2D eigenvalue weighted by molar-refractivity contribution is 0.156. The van der Waals surface area contributed by atoms with Gasteiger partial charge in [0, 0.05) is 17.8 Å². The van der Waals surface area contributed by atoms with E-state index in [9.17, 15) is 9.18 Å². The fourth-order valence-electron chi connectivity index (χ4n) is 5.37. The van der Waals surface area contributed by atoms with Crippen LogP contribution in [0.3, 0.4) is 0 Å². The van der Waals surface area contributed by atoms with E-state index in [4.69, 9.17) is 0 Å². The van der Waals surface area contributed by atoms with Gasteiger partial charge in [-0.1, -0.05) is 18.9 Å². The molecule has 1 saturated carbocycles. The standard InChI is InChI=1S/C22H28FN3OS/c23-16-5-6-17-18(14-28-21(17)13-16)15-7-9-25(10-8-15)11-12-26-20-4-2-1-3-19(20)24-22(26)27/h5-6,13-15,19-20H,1-4,7-12H2,(H,24,27). The number of fused-ring (bicyclic) bond motifs is 2. The molecule has 1 aromatic carbocycles. The highest BCUT2D eigenvalue weighted by molar-refractivity contribution is 7.17. The topological polar surface area (TPSA) is 35.6 Å². The van der Waals surface area contributed by atoms with Crippen LogP contribution in [0.15, 0.2) is 23.6 Å². The van der Waals surface area contributed by atoms with Gasteiger partial charge in [0.05, 0.1) is 12.1 Å². The summed E-state index contributed by atoms with van der Waals surface area (Å²) in [7, 11) is 0. The molecular weight excluding hydrogens is 373 g/mol. The quantitative estimate of drug-likeness (QED) is 0.815. The molecule has 1 N–H and O–H groups in total. The number of hydrogen-bond donors (Lipinski definition) is 1. The van der Waals surface area contributed by atoms with Crippen LogP contribution in [0.4, 0.5) is 9.18 Å². The first kappa shape index (κ1) is 18.4. The summed E-state index contributed by atoms with van der Waals surface area (Å²) in [5.41, 5.74) is 1.39. The van der Waals surface area contributed by atoms with Crippen LogP contribution in [-0.4, -0.2) is 54.1 Å². The number of hydrogen-bond acceptors (Lipinski definition) is 3. The van der Waals surface area contributed by atoms with Gasteiger partial charge < -0.3 is 15.1 Å². The number of carbonyl (C=O) groups excluding carboxylic acids is 1. The molecule has 1 aliphatic carbocycles. The lowest BCUT2D eigenvalue weighted by atomic mass is 9.89. The van der Waals surface area contributed by atoms with Crippen molar-refractivity contribution in [2.24, 2.45) is 0 Å². The first-order valence-electron chi connectivity index (χ1n) is 10.7. The Morgan fingerprint density at radius 2 is 1.93 bits per heavy atom. The van der Waals surface area contributed by atoms with Crippen molar-refractivity contribution in [1.29, 1.82) is 0 Å². The molecule has 150 valence electrons. The second-order valence-corrected chi connectivity index (χ2v) is 9.46. The van der Waals surface area contributed by atoms with Crippen molar-refractivity contribution in [2.75, 3.05) is 26.2 Å². The Labute approximate surface area is 169 Å². The van der Waals surface area contributed by atoms with Crippen molar-refractivity contribution >= 4 is 27.5 Å². The van der Waals surface area contributed by atoms with E-state index in [2.05, 4.69) is 20.5 Å². The molecular formula is C22H28FN3OS. The predicted molar refractivity (Wildman–Crippen MR) is 111 cm³/mol. The molecule has 2 atom stereocenters. The zero-order valence-electron chi connectivity index (χ0n) is 16.2. The van der Waals surface area contributed by atoms with Crippen LogP contribution in [0, 0.1) is 5.82 Å². The first-order valence-corrected chi connectivity index (χ1v) is 11.5. The number of thiophene rings is 1. The molecule has 28 heavy (non-hydrogen) atoms. The second kappa shape index (κ2) is 7.64. The van der Waals surface area contributed by atoms with Crippen molar-refractivity contribution < 1.29 is 9.18 Å². The molecule has 4 nitrogen and oxygen atoms in total. The van der Waals surface area contributed by atoms with Gasteiger partial charge in [0.2, 0.25) is 0 Å². The van der Waals surface area contributed by atoms with Gasteiger partial charge in [-0.3, -0.25) is 0 Å². The van der Waals surface area contributed by atoms with Crippen molar-refractivity contribution in [3.8, 4) is 0 Å². The van der Waals surface area contributed by atoms with Crippen LogP contribution < -0.4 is 5.32 Å². The number of carbonyl (C=O) groups is 1. The zero-order chi connectivity index (χ0) is 19.1. The Bertz CT molecular complexity index is 861. The molecule has 2 aliphatic heterocycles. The fourth-order valence-corrected chi connectivity index (χ4v) is 6.43. The van der Waals surface area contributed by atoms with Crippen LogP contribution in [0.1, 0.15) is 50.0 Å². The van der Waals surface area contributed by atoms with Gasteiger partial charge in [-0.05, 0) is 73.2 Å². The molecule has 3 heterocycles. The molecule has 1 aromatic heterocycles. The minimum atomic E-state index is -0.151. The van der Waals surface area contributed by atoms with Gasteiger partial charge in [-0.25, -0.2) is 9.18 Å². The van der Waals surface area contributed by atoms with Crippen molar-refractivity contribution in [3.05, 3.63) is 35.0 Å². The van der Waals surface area contributed by atoms with Gasteiger partial charge in [0.15, 0.2) is 0 Å². The largest absolute Gasteiger partial charge is 0.333 e. The lowest BCUT2D eigenvalue weighted by Crippen LogP contribution is -2.44. The number of amides is 2. The number of rotatable bonds is 4. The molecule has 6 heteroatoms. The number of benzene rings is 1. The van der Waals surface area contributed by atoms with E-state index in [0.29, 0.717) is 18.0 Å². The fraction of sp³-hybridized carbons (Fsp3) is 0.591. The minimum Gasteiger partial charge on any atom is -0.333 e. The highest BCUT2D eigenvalue weighted by Crippen LogP contribution is 2.37. The van der Waals surface area contributed by atoms with Crippen molar-refractivity contribution in [3.63, 3.8) is 0 Å². The molecule has 0 spiro atoms. The molecule has 2 amide bonds. The number of nitrogens with zero attached hydrogens (tertiary/aromatic N) is 2. The van der Waals surface area contributed by atoms with Gasteiger partial charge >= 0.3 is 6.03 Å². The summed E-state index contributed by atoms with van der Waals surface area (Å²) in [5.74, 6) is 0.412. The van der Waals surface area contributed by atoms with E-state index in [-0.39, 0.29) is 11.8 Å². The summed E-state index contributed by atoms with van der Waals surface area (Å²) >= 11 is 1.66. The third-order valence-electron chi connectivity index (χ3n) is 6.95. The van der Waals surface area contributed by atoms with Crippen LogP contribution in [-0.2, 0) is 0 Å². The molecule has 3 aliphatic rings. The average Bonchev–Trinajstić information content (AvgIpc) is 3.26. The molecule has 3 fully saturated rings. The Kier molecular flexibility index (Phi) is 5.01. The molecule has 5 rings (SSSR count). The summed E-state index contributed by atoms with van der Waals surface area (Å²) in [4.78, 5) is 16.9. The zero-order valence-corrected chi connectivity index (χ0v) is 17.0. The first-order chi connectivity index (χ1) is 13.7. The number of likely N-dealkylation sites (tertiary alicyclic amines) is 1. The Balaban J connectivity index is 1.17. The van der Waals surface area contributed by atoms with Gasteiger partial charge in [0.25, 0.3) is 0 Å². The van der Waals surface area contributed by atoms with Crippen LogP contribution in [0.5, 0.6) is 0 Å². The average molecular weight is 402 g/mol. The molecule has 0 radical (unpaired) electrons. The summed E-state index contributed by atoms with van der Waals surface area (Å²) < 4.78 is 14.5. The van der Waals surface area contributed by atoms with Crippen molar-refractivity contribution in [2.45, 2.75) is 56.5 Å². The maximum atomic E-state index is 13.5. The van der Waals surface area contributed by atoms with Crippen LogP contribution in [0.2, 0.25) is 0 Å². The highest BCUT2D eigenvalue weighted by atomic mass is 32.1. The summed E-state index contributed by atoms with van der Waals surface area (Å²) in [6.07, 6.45) is 7.06. The lowest BCUT2D eigenvalue weighted by Gasteiger charge is -2.35. The van der Waals surface area contributed by atoms with Gasteiger partial charge in [0.1, 0.15) is 5.82 Å². The third kappa shape index (κ3) is 3.41. The second-order valence-electron chi connectivity index (χ2n) is 8.55. The van der Waals surface area contributed by atoms with Crippen LogP contribution >= 0.6 is 11.3 Å². The van der Waals surface area contributed by atoms with Crippen molar-refractivity contribution in [1.82, 2.24) is 15.1 Å². The smallest absolute Gasteiger partial charge is 0.318 e. The van der Waals surface area contributed by atoms with E-state index in [0.717, 1.165) is 56.6 Å². The predicted octanol–water partition coefficient (Wildman–Crippen LogP) is 4.56. The molecule has 0 bridgehead atoms. The van der Waals surface area contributed by atoms with Crippen LogP contribution in [0.25, 0.3) is 10.1 Å². The Morgan fingerprint density at radius 3 is 2.79 bits per heavy atom. The SMILES string of the molecule is O=C1NC2CCCCC2N1CCN1CCC(c2csc3cc(F)ccc23)CC1. The van der Waals surface area contributed by atoms with Gasteiger partial charge in [-0.2, -0.15) is 0 Å². The summed E-state index contributed by atoms with van der Waals surface area (Å²) in [5, 5.41) is 6.63. The maximum absolute atomic E-state index is 13.5.